The third-order valence-electron chi connectivity index (χ3n) is 2.82. The molecule has 0 fully saturated rings. The zero-order valence-corrected chi connectivity index (χ0v) is 11.1. The van der Waals surface area contributed by atoms with Crippen LogP contribution in [0.2, 0.25) is 5.02 Å². The third kappa shape index (κ3) is 2.44. The van der Waals surface area contributed by atoms with E-state index in [4.69, 9.17) is 17.4 Å². The molecule has 0 aliphatic carbocycles. The van der Waals surface area contributed by atoms with Crippen molar-refractivity contribution in [1.29, 1.82) is 0 Å². The number of hydrazine groups is 1. The van der Waals surface area contributed by atoms with Crippen molar-refractivity contribution < 1.29 is 0 Å². The molecule has 3 N–H and O–H groups in total. The molecule has 18 heavy (non-hydrogen) atoms. The maximum absolute atomic E-state index is 5.87. The van der Waals surface area contributed by atoms with Crippen LogP contribution in [0.25, 0.3) is 11.4 Å². The SMILES string of the molecule is CCc1nc(-c2ccc(Cl)cc2)nc(NN)c1C. The van der Waals surface area contributed by atoms with Crippen molar-refractivity contribution in [3.8, 4) is 11.4 Å². The van der Waals surface area contributed by atoms with Crippen molar-refractivity contribution in [3.05, 3.63) is 40.5 Å². The lowest BCUT2D eigenvalue weighted by Gasteiger charge is -2.11. The number of halogens is 1. The van der Waals surface area contributed by atoms with Gasteiger partial charge in [0.15, 0.2) is 5.82 Å². The van der Waals surface area contributed by atoms with Crippen LogP contribution in [0.3, 0.4) is 0 Å². The average Bonchev–Trinajstić information content (AvgIpc) is 2.40. The van der Waals surface area contributed by atoms with Gasteiger partial charge in [0.05, 0.1) is 0 Å². The predicted octanol–water partition coefficient (Wildman–Crippen LogP) is 2.95. The third-order valence-corrected chi connectivity index (χ3v) is 3.07. The number of hydrogen-bond donors (Lipinski definition) is 2. The number of nitrogens with zero attached hydrogens (tertiary/aromatic N) is 2. The Hall–Kier alpha value is -1.65. The summed E-state index contributed by atoms with van der Waals surface area (Å²) < 4.78 is 0. The molecular formula is C13H15ClN4. The van der Waals surface area contributed by atoms with E-state index in [9.17, 15) is 0 Å². The second-order valence-corrected chi connectivity index (χ2v) is 4.41. The fraction of sp³-hybridized carbons (Fsp3) is 0.231. The summed E-state index contributed by atoms with van der Waals surface area (Å²) in [4.78, 5) is 8.96. The van der Waals surface area contributed by atoms with Gasteiger partial charge in [-0.25, -0.2) is 15.8 Å². The maximum Gasteiger partial charge on any atom is 0.161 e. The molecule has 1 heterocycles. The molecule has 0 saturated carbocycles. The summed E-state index contributed by atoms with van der Waals surface area (Å²) in [6, 6.07) is 7.43. The molecule has 0 unspecified atom stereocenters. The van der Waals surface area contributed by atoms with Gasteiger partial charge in [-0.15, -0.1) is 0 Å². The highest BCUT2D eigenvalue weighted by molar-refractivity contribution is 6.30. The van der Waals surface area contributed by atoms with Crippen molar-refractivity contribution in [2.24, 2.45) is 5.84 Å². The number of anilines is 1. The molecular weight excluding hydrogens is 248 g/mol. The van der Waals surface area contributed by atoms with Crippen LogP contribution in [-0.4, -0.2) is 9.97 Å². The van der Waals surface area contributed by atoms with Crippen molar-refractivity contribution in [2.45, 2.75) is 20.3 Å². The van der Waals surface area contributed by atoms with Crippen molar-refractivity contribution >= 4 is 17.4 Å². The van der Waals surface area contributed by atoms with E-state index in [1.165, 1.54) is 0 Å². The summed E-state index contributed by atoms with van der Waals surface area (Å²) in [7, 11) is 0. The number of aryl methyl sites for hydroxylation is 1. The molecule has 0 radical (unpaired) electrons. The zero-order chi connectivity index (χ0) is 13.1. The Kier molecular flexibility index (Phi) is 3.79. The van der Waals surface area contributed by atoms with E-state index in [1.807, 2.05) is 31.2 Å². The summed E-state index contributed by atoms with van der Waals surface area (Å²) >= 11 is 5.87. The molecule has 5 heteroatoms. The smallest absolute Gasteiger partial charge is 0.161 e. The molecule has 0 aliphatic rings. The first kappa shape index (κ1) is 12.8. The zero-order valence-electron chi connectivity index (χ0n) is 10.4. The quantitative estimate of drug-likeness (QED) is 0.659. The Balaban J connectivity index is 2.54. The van der Waals surface area contributed by atoms with Crippen LogP contribution >= 0.6 is 11.6 Å². The number of nitrogens with two attached hydrogens (primary N) is 1. The second kappa shape index (κ2) is 5.33. The Morgan fingerprint density at radius 3 is 2.44 bits per heavy atom. The van der Waals surface area contributed by atoms with Crippen molar-refractivity contribution in [3.63, 3.8) is 0 Å². The van der Waals surface area contributed by atoms with Gasteiger partial charge < -0.3 is 5.43 Å². The fourth-order valence-corrected chi connectivity index (χ4v) is 1.90. The Bertz CT molecular complexity index is 526. The van der Waals surface area contributed by atoms with Crippen LogP contribution < -0.4 is 11.3 Å². The molecule has 1 aromatic carbocycles. The molecule has 0 bridgehead atoms. The summed E-state index contributed by atoms with van der Waals surface area (Å²) in [5.41, 5.74) is 5.51. The molecule has 1 aromatic heterocycles. The van der Waals surface area contributed by atoms with E-state index in [2.05, 4.69) is 22.3 Å². The topological polar surface area (TPSA) is 63.8 Å². The van der Waals surface area contributed by atoms with E-state index >= 15 is 0 Å². The van der Waals surface area contributed by atoms with Gasteiger partial charge in [0.1, 0.15) is 5.82 Å². The van der Waals surface area contributed by atoms with Crippen LogP contribution in [0.4, 0.5) is 5.82 Å². The first-order valence-corrected chi connectivity index (χ1v) is 6.13. The maximum atomic E-state index is 5.87. The highest BCUT2D eigenvalue weighted by atomic mass is 35.5. The first-order chi connectivity index (χ1) is 8.65. The standard InChI is InChI=1S/C13H15ClN4/c1-3-11-8(2)12(18-15)17-13(16-11)9-4-6-10(14)7-5-9/h4-7H,3,15H2,1-2H3,(H,16,17,18). The van der Waals surface area contributed by atoms with Crippen molar-refractivity contribution in [1.82, 2.24) is 9.97 Å². The van der Waals surface area contributed by atoms with Crippen LogP contribution in [0.15, 0.2) is 24.3 Å². The number of rotatable bonds is 3. The lowest BCUT2D eigenvalue weighted by atomic mass is 10.1. The number of nitrogens with one attached hydrogen (secondary N) is 1. The molecule has 2 rings (SSSR count). The fourth-order valence-electron chi connectivity index (χ4n) is 1.78. The van der Waals surface area contributed by atoms with Gasteiger partial charge in [-0.05, 0) is 37.6 Å². The lowest BCUT2D eigenvalue weighted by Crippen LogP contribution is -2.13. The van der Waals surface area contributed by atoms with Gasteiger partial charge in [-0.1, -0.05) is 18.5 Å². The number of hydrogen-bond acceptors (Lipinski definition) is 4. The van der Waals surface area contributed by atoms with E-state index < -0.39 is 0 Å². The van der Waals surface area contributed by atoms with Gasteiger partial charge in [-0.3, -0.25) is 0 Å². The average molecular weight is 263 g/mol. The van der Waals surface area contributed by atoms with Gasteiger partial charge in [-0.2, -0.15) is 0 Å². The van der Waals surface area contributed by atoms with Gasteiger partial charge in [0.2, 0.25) is 0 Å². The molecule has 94 valence electrons. The lowest BCUT2D eigenvalue weighted by molar-refractivity contribution is 0.973. The highest BCUT2D eigenvalue weighted by Crippen LogP contribution is 2.23. The normalized spacial score (nSPS) is 10.4. The molecule has 0 aliphatic heterocycles. The minimum atomic E-state index is 0.655. The number of aromatic nitrogens is 2. The Morgan fingerprint density at radius 2 is 1.89 bits per heavy atom. The monoisotopic (exact) mass is 262 g/mol. The summed E-state index contributed by atoms with van der Waals surface area (Å²) in [5, 5.41) is 0.693. The highest BCUT2D eigenvalue weighted by Gasteiger charge is 2.10. The molecule has 0 amide bonds. The molecule has 0 spiro atoms. The van der Waals surface area contributed by atoms with Gasteiger partial charge in [0, 0.05) is 21.8 Å². The van der Waals surface area contributed by atoms with Crippen LogP contribution in [-0.2, 0) is 6.42 Å². The second-order valence-electron chi connectivity index (χ2n) is 3.97. The molecule has 0 saturated heterocycles. The molecule has 2 aromatic rings. The van der Waals surface area contributed by atoms with Crippen molar-refractivity contribution in [2.75, 3.05) is 5.43 Å². The minimum absolute atomic E-state index is 0.655. The molecule has 0 atom stereocenters. The Labute approximate surface area is 111 Å². The summed E-state index contributed by atoms with van der Waals surface area (Å²) in [6.45, 7) is 4.01. The largest absolute Gasteiger partial charge is 0.308 e. The van der Waals surface area contributed by atoms with Gasteiger partial charge >= 0.3 is 0 Å². The number of benzene rings is 1. The first-order valence-electron chi connectivity index (χ1n) is 5.75. The molecule has 4 nitrogen and oxygen atoms in total. The van der Waals surface area contributed by atoms with Crippen LogP contribution in [0.1, 0.15) is 18.2 Å². The van der Waals surface area contributed by atoms with Gasteiger partial charge in [0.25, 0.3) is 0 Å². The van der Waals surface area contributed by atoms with Crippen LogP contribution in [0, 0.1) is 6.92 Å². The number of nitrogen functional groups attached to an aromatic ring is 1. The summed E-state index contributed by atoms with van der Waals surface area (Å²) in [5.74, 6) is 6.80. The Morgan fingerprint density at radius 1 is 1.22 bits per heavy atom. The summed E-state index contributed by atoms with van der Waals surface area (Å²) in [6.07, 6.45) is 0.837. The van der Waals surface area contributed by atoms with E-state index in [1.54, 1.807) is 0 Å². The van der Waals surface area contributed by atoms with Crippen LogP contribution in [0.5, 0.6) is 0 Å². The van der Waals surface area contributed by atoms with E-state index in [-0.39, 0.29) is 0 Å². The van der Waals surface area contributed by atoms with E-state index in [0.29, 0.717) is 16.7 Å². The predicted molar refractivity (Wildman–Crippen MR) is 74.4 cm³/mol. The minimum Gasteiger partial charge on any atom is -0.308 e. The van der Waals surface area contributed by atoms with E-state index in [0.717, 1.165) is 23.2 Å².